The molecule has 1 saturated heterocycles. The Labute approximate surface area is 118 Å². The number of piperidine rings is 1. The lowest BCUT2D eigenvalue weighted by atomic mass is 9.95. The van der Waals surface area contributed by atoms with Gasteiger partial charge in [-0.05, 0) is 19.8 Å². The molecule has 7 heteroatoms. The zero-order valence-electron chi connectivity index (χ0n) is 12.2. The van der Waals surface area contributed by atoms with E-state index >= 15 is 0 Å². The highest BCUT2D eigenvalue weighted by Crippen LogP contribution is 2.29. The fourth-order valence-electron chi connectivity index (χ4n) is 2.48. The third kappa shape index (κ3) is 2.82. The number of aromatic nitrogens is 4. The topological polar surface area (TPSA) is 104 Å². The lowest BCUT2D eigenvalue weighted by Crippen LogP contribution is -2.46. The smallest absolute Gasteiger partial charge is 0.224 e. The summed E-state index contributed by atoms with van der Waals surface area (Å²) in [5, 5.41) is 17.7. The van der Waals surface area contributed by atoms with Crippen LogP contribution in [0.2, 0.25) is 0 Å². The SMILES string of the molecule is CC.C[C@]1(O)CCCN(c2nc(N)nc3[nH]ncc23)C1. The molecule has 2 aromatic heterocycles. The van der Waals surface area contributed by atoms with Gasteiger partial charge in [0.05, 0.1) is 17.2 Å². The second-order valence-electron chi connectivity index (χ2n) is 5.06. The maximum absolute atomic E-state index is 10.2. The zero-order valence-corrected chi connectivity index (χ0v) is 12.2. The minimum Gasteiger partial charge on any atom is -0.388 e. The van der Waals surface area contributed by atoms with Crippen molar-refractivity contribution >= 4 is 22.8 Å². The van der Waals surface area contributed by atoms with Crippen LogP contribution in [0.15, 0.2) is 6.20 Å². The van der Waals surface area contributed by atoms with Gasteiger partial charge in [-0.2, -0.15) is 15.1 Å². The van der Waals surface area contributed by atoms with Crippen LogP contribution < -0.4 is 10.6 Å². The van der Waals surface area contributed by atoms with E-state index in [1.54, 1.807) is 6.20 Å². The zero-order chi connectivity index (χ0) is 14.8. The number of fused-ring (bicyclic) bond motifs is 1. The first kappa shape index (κ1) is 14.5. The van der Waals surface area contributed by atoms with Crippen LogP contribution in [-0.4, -0.2) is 44.0 Å². The summed E-state index contributed by atoms with van der Waals surface area (Å²) in [4.78, 5) is 10.4. The number of hydrogen-bond donors (Lipinski definition) is 3. The summed E-state index contributed by atoms with van der Waals surface area (Å²) in [7, 11) is 0. The van der Waals surface area contributed by atoms with Gasteiger partial charge in [0.2, 0.25) is 5.95 Å². The highest BCUT2D eigenvalue weighted by atomic mass is 16.3. The number of aromatic amines is 1. The average molecular weight is 278 g/mol. The van der Waals surface area contributed by atoms with Crippen molar-refractivity contribution in [2.24, 2.45) is 0 Å². The summed E-state index contributed by atoms with van der Waals surface area (Å²) in [5.41, 5.74) is 5.64. The van der Waals surface area contributed by atoms with E-state index in [-0.39, 0.29) is 5.95 Å². The number of aliphatic hydroxyl groups is 1. The largest absolute Gasteiger partial charge is 0.388 e. The molecule has 1 atom stereocenters. The standard InChI is InChI=1S/C11H16N6O.C2H6/c1-11(18)3-2-4-17(6-11)9-7-5-13-16-8(7)14-10(12)15-9;1-2/h5,18H,2-4,6H2,1H3,(H3,12,13,14,15,16);1-2H3/t11-;/m0./s1. The molecule has 7 nitrogen and oxygen atoms in total. The van der Waals surface area contributed by atoms with Crippen molar-refractivity contribution in [3.8, 4) is 0 Å². The van der Waals surface area contributed by atoms with Crippen LogP contribution in [0.4, 0.5) is 11.8 Å². The summed E-state index contributed by atoms with van der Waals surface area (Å²) in [6, 6.07) is 0. The summed E-state index contributed by atoms with van der Waals surface area (Å²) in [6.45, 7) is 7.24. The molecule has 1 aliphatic rings. The number of nitrogens with one attached hydrogen (secondary N) is 1. The lowest BCUT2D eigenvalue weighted by Gasteiger charge is -2.37. The predicted molar refractivity (Wildman–Crippen MR) is 79.5 cm³/mol. The van der Waals surface area contributed by atoms with E-state index in [1.807, 2.05) is 25.7 Å². The van der Waals surface area contributed by atoms with Gasteiger partial charge in [-0.25, -0.2) is 0 Å². The highest BCUT2D eigenvalue weighted by Gasteiger charge is 2.30. The molecule has 110 valence electrons. The van der Waals surface area contributed by atoms with E-state index in [1.165, 1.54) is 0 Å². The first-order valence-electron chi connectivity index (χ1n) is 6.99. The number of β-amino-alcohol motifs (C(OH)–C–C–N with tert-alkyl or cyclic N) is 1. The Morgan fingerprint density at radius 3 is 2.85 bits per heavy atom. The van der Waals surface area contributed by atoms with Gasteiger partial charge in [0.1, 0.15) is 5.82 Å². The number of nitrogens with zero attached hydrogens (tertiary/aromatic N) is 4. The molecule has 0 radical (unpaired) electrons. The molecule has 0 aliphatic carbocycles. The van der Waals surface area contributed by atoms with Crippen LogP contribution in [0.5, 0.6) is 0 Å². The predicted octanol–water partition coefficient (Wildman–Crippen LogP) is 1.31. The number of nitrogen functional groups attached to an aromatic ring is 1. The molecule has 1 fully saturated rings. The van der Waals surface area contributed by atoms with E-state index in [9.17, 15) is 5.11 Å². The monoisotopic (exact) mass is 278 g/mol. The Morgan fingerprint density at radius 1 is 1.40 bits per heavy atom. The van der Waals surface area contributed by atoms with Crippen molar-refractivity contribution in [2.75, 3.05) is 23.7 Å². The molecule has 0 spiro atoms. The van der Waals surface area contributed by atoms with Crippen molar-refractivity contribution in [3.05, 3.63) is 6.20 Å². The lowest BCUT2D eigenvalue weighted by molar-refractivity contribution is 0.0448. The Balaban J connectivity index is 0.000000704. The molecule has 0 saturated carbocycles. The van der Waals surface area contributed by atoms with Gasteiger partial charge in [-0.3, -0.25) is 5.10 Å². The molecule has 3 rings (SSSR count). The molecule has 0 amide bonds. The summed E-state index contributed by atoms with van der Waals surface area (Å²) >= 11 is 0. The molecular formula is C13H22N6O. The van der Waals surface area contributed by atoms with E-state index in [4.69, 9.17) is 5.73 Å². The fourth-order valence-corrected chi connectivity index (χ4v) is 2.48. The number of nitrogens with two attached hydrogens (primary N) is 1. The Kier molecular flexibility index (Phi) is 4.08. The van der Waals surface area contributed by atoms with E-state index in [0.29, 0.717) is 12.2 Å². The second kappa shape index (κ2) is 5.62. The van der Waals surface area contributed by atoms with E-state index < -0.39 is 5.60 Å². The molecule has 3 heterocycles. The maximum Gasteiger partial charge on any atom is 0.224 e. The summed E-state index contributed by atoms with van der Waals surface area (Å²) in [5.74, 6) is 0.957. The second-order valence-corrected chi connectivity index (χ2v) is 5.06. The Hall–Kier alpha value is -1.89. The summed E-state index contributed by atoms with van der Waals surface area (Å²) < 4.78 is 0. The minimum atomic E-state index is -0.686. The van der Waals surface area contributed by atoms with Crippen molar-refractivity contribution in [3.63, 3.8) is 0 Å². The third-order valence-corrected chi connectivity index (χ3v) is 3.28. The van der Waals surface area contributed by atoms with E-state index in [2.05, 4.69) is 20.2 Å². The number of anilines is 2. The van der Waals surface area contributed by atoms with Gasteiger partial charge in [0.15, 0.2) is 5.65 Å². The van der Waals surface area contributed by atoms with Crippen LogP contribution in [0.3, 0.4) is 0 Å². The van der Waals surface area contributed by atoms with Crippen molar-refractivity contribution in [2.45, 2.75) is 39.2 Å². The molecular weight excluding hydrogens is 256 g/mol. The van der Waals surface area contributed by atoms with Crippen LogP contribution in [-0.2, 0) is 0 Å². The summed E-state index contributed by atoms with van der Waals surface area (Å²) in [6.07, 6.45) is 3.42. The Bertz CT molecular complexity index is 579. The van der Waals surface area contributed by atoms with Crippen LogP contribution in [0.1, 0.15) is 33.6 Å². The van der Waals surface area contributed by atoms with Gasteiger partial charge in [-0.15, -0.1) is 0 Å². The normalized spacial score (nSPS) is 22.5. The minimum absolute atomic E-state index is 0.215. The molecule has 4 N–H and O–H groups in total. The van der Waals surface area contributed by atoms with E-state index in [0.717, 1.165) is 30.6 Å². The fraction of sp³-hybridized carbons (Fsp3) is 0.615. The van der Waals surface area contributed by atoms with Crippen molar-refractivity contribution < 1.29 is 5.11 Å². The molecule has 0 bridgehead atoms. The quantitative estimate of drug-likeness (QED) is 0.726. The number of rotatable bonds is 1. The van der Waals surface area contributed by atoms with Gasteiger partial charge in [-0.1, -0.05) is 13.8 Å². The molecule has 2 aromatic rings. The molecule has 0 unspecified atom stereocenters. The first-order chi connectivity index (χ1) is 9.55. The maximum atomic E-state index is 10.2. The number of hydrogen-bond acceptors (Lipinski definition) is 6. The van der Waals surface area contributed by atoms with Gasteiger partial charge in [0.25, 0.3) is 0 Å². The molecule has 1 aliphatic heterocycles. The molecule has 0 aromatic carbocycles. The van der Waals surface area contributed by atoms with Crippen LogP contribution in [0.25, 0.3) is 11.0 Å². The molecule has 20 heavy (non-hydrogen) atoms. The highest BCUT2D eigenvalue weighted by molar-refractivity contribution is 5.87. The van der Waals surface area contributed by atoms with Crippen LogP contribution >= 0.6 is 0 Å². The first-order valence-corrected chi connectivity index (χ1v) is 6.99. The Morgan fingerprint density at radius 2 is 2.15 bits per heavy atom. The van der Waals surface area contributed by atoms with Gasteiger partial charge >= 0.3 is 0 Å². The van der Waals surface area contributed by atoms with Crippen molar-refractivity contribution in [1.82, 2.24) is 20.2 Å². The van der Waals surface area contributed by atoms with Crippen LogP contribution in [0, 0.1) is 0 Å². The third-order valence-electron chi connectivity index (χ3n) is 3.28. The van der Waals surface area contributed by atoms with Crippen molar-refractivity contribution in [1.29, 1.82) is 0 Å². The average Bonchev–Trinajstić information content (AvgIpc) is 2.87. The number of H-pyrrole nitrogens is 1. The van der Waals surface area contributed by atoms with Gasteiger partial charge < -0.3 is 15.7 Å². The van der Waals surface area contributed by atoms with Gasteiger partial charge in [0, 0.05) is 13.1 Å².